The molecule has 0 heterocycles. The van der Waals surface area contributed by atoms with Crippen LogP contribution in [0.1, 0.15) is 45.4 Å². The Morgan fingerprint density at radius 2 is 1.83 bits per heavy atom. The van der Waals surface area contributed by atoms with E-state index in [0.29, 0.717) is 5.92 Å². The first kappa shape index (κ1) is 10.0. The monoisotopic (exact) mass is 172 g/mol. The van der Waals surface area contributed by atoms with Crippen molar-refractivity contribution in [2.75, 3.05) is 0 Å². The summed E-state index contributed by atoms with van der Waals surface area (Å²) < 4.78 is 0. The highest BCUT2D eigenvalue weighted by Crippen LogP contribution is 2.25. The predicted molar refractivity (Wildman–Crippen MR) is 48.9 cm³/mol. The molecule has 0 bridgehead atoms. The second-order valence-corrected chi connectivity index (χ2v) is 3.90. The Kier molecular flexibility index (Phi) is 4.02. The van der Waals surface area contributed by atoms with Crippen molar-refractivity contribution < 1.29 is 10.2 Å². The van der Waals surface area contributed by atoms with Crippen LogP contribution >= 0.6 is 0 Å². The van der Waals surface area contributed by atoms with E-state index in [1.165, 1.54) is 0 Å². The van der Waals surface area contributed by atoms with Crippen LogP contribution in [-0.2, 0) is 0 Å². The SMILES string of the molecule is CCC1CCCC(O)CCC1O. The first-order valence-corrected chi connectivity index (χ1v) is 5.10. The first-order valence-electron chi connectivity index (χ1n) is 5.10. The molecule has 0 spiro atoms. The average molecular weight is 172 g/mol. The van der Waals surface area contributed by atoms with E-state index in [1.807, 2.05) is 0 Å². The molecule has 3 unspecified atom stereocenters. The normalized spacial score (nSPS) is 38.8. The van der Waals surface area contributed by atoms with E-state index >= 15 is 0 Å². The van der Waals surface area contributed by atoms with Crippen LogP contribution in [0.4, 0.5) is 0 Å². The quantitative estimate of drug-likeness (QED) is 0.632. The fraction of sp³-hybridized carbons (Fsp3) is 1.00. The van der Waals surface area contributed by atoms with Crippen molar-refractivity contribution in [1.29, 1.82) is 0 Å². The number of aliphatic hydroxyl groups excluding tert-OH is 2. The highest BCUT2D eigenvalue weighted by molar-refractivity contribution is 4.73. The third kappa shape index (κ3) is 2.76. The summed E-state index contributed by atoms with van der Waals surface area (Å²) >= 11 is 0. The van der Waals surface area contributed by atoms with Crippen LogP contribution in [0.2, 0.25) is 0 Å². The van der Waals surface area contributed by atoms with Crippen LogP contribution in [0.25, 0.3) is 0 Å². The number of aliphatic hydroxyl groups is 2. The molecule has 0 radical (unpaired) electrons. The van der Waals surface area contributed by atoms with Gasteiger partial charge in [-0.05, 0) is 31.6 Å². The molecule has 0 aromatic carbocycles. The van der Waals surface area contributed by atoms with Gasteiger partial charge in [0.25, 0.3) is 0 Å². The summed E-state index contributed by atoms with van der Waals surface area (Å²) in [6.45, 7) is 2.13. The van der Waals surface area contributed by atoms with Crippen molar-refractivity contribution in [3.05, 3.63) is 0 Å². The van der Waals surface area contributed by atoms with Crippen molar-refractivity contribution in [2.45, 2.75) is 57.7 Å². The van der Waals surface area contributed by atoms with Crippen molar-refractivity contribution in [2.24, 2.45) is 5.92 Å². The van der Waals surface area contributed by atoms with Crippen molar-refractivity contribution in [3.63, 3.8) is 0 Å². The lowest BCUT2D eigenvalue weighted by atomic mass is 9.86. The Labute approximate surface area is 74.6 Å². The van der Waals surface area contributed by atoms with Gasteiger partial charge in [-0.1, -0.05) is 19.8 Å². The Hall–Kier alpha value is -0.0800. The molecule has 1 rings (SSSR count). The fourth-order valence-electron chi connectivity index (χ4n) is 2.03. The van der Waals surface area contributed by atoms with Gasteiger partial charge >= 0.3 is 0 Å². The zero-order chi connectivity index (χ0) is 8.97. The second kappa shape index (κ2) is 4.83. The van der Waals surface area contributed by atoms with Crippen LogP contribution in [0.5, 0.6) is 0 Å². The van der Waals surface area contributed by atoms with Crippen LogP contribution in [-0.4, -0.2) is 22.4 Å². The number of hydrogen-bond donors (Lipinski definition) is 2. The van der Waals surface area contributed by atoms with Gasteiger partial charge in [0.15, 0.2) is 0 Å². The summed E-state index contributed by atoms with van der Waals surface area (Å²) in [5.74, 6) is 0.470. The van der Waals surface area contributed by atoms with E-state index in [4.69, 9.17) is 0 Å². The summed E-state index contributed by atoms with van der Waals surface area (Å²) in [7, 11) is 0. The van der Waals surface area contributed by atoms with Crippen LogP contribution < -0.4 is 0 Å². The number of hydrogen-bond acceptors (Lipinski definition) is 2. The summed E-state index contributed by atoms with van der Waals surface area (Å²) in [6.07, 6.45) is 5.34. The maximum absolute atomic E-state index is 9.68. The molecule has 0 saturated heterocycles. The molecular formula is C10H20O2. The lowest BCUT2D eigenvalue weighted by Crippen LogP contribution is -2.24. The van der Waals surface area contributed by atoms with Crippen LogP contribution in [0.3, 0.4) is 0 Å². The fourth-order valence-corrected chi connectivity index (χ4v) is 2.03. The van der Waals surface area contributed by atoms with Gasteiger partial charge in [0.2, 0.25) is 0 Å². The lowest BCUT2D eigenvalue weighted by Gasteiger charge is -2.25. The molecule has 0 amide bonds. The molecule has 2 N–H and O–H groups in total. The van der Waals surface area contributed by atoms with E-state index in [-0.39, 0.29) is 12.2 Å². The van der Waals surface area contributed by atoms with Crippen molar-refractivity contribution >= 4 is 0 Å². The Morgan fingerprint density at radius 3 is 2.50 bits per heavy atom. The van der Waals surface area contributed by atoms with E-state index in [1.54, 1.807) is 0 Å². The second-order valence-electron chi connectivity index (χ2n) is 3.90. The minimum absolute atomic E-state index is 0.169. The van der Waals surface area contributed by atoms with Gasteiger partial charge in [-0.2, -0.15) is 0 Å². The average Bonchev–Trinajstić information content (AvgIpc) is 2.06. The first-order chi connectivity index (χ1) is 5.74. The Morgan fingerprint density at radius 1 is 1.08 bits per heavy atom. The topological polar surface area (TPSA) is 40.5 Å². The van der Waals surface area contributed by atoms with Crippen LogP contribution in [0.15, 0.2) is 0 Å². The molecule has 1 aliphatic rings. The van der Waals surface area contributed by atoms with Gasteiger partial charge < -0.3 is 10.2 Å². The van der Waals surface area contributed by atoms with E-state index < -0.39 is 0 Å². The largest absolute Gasteiger partial charge is 0.393 e. The van der Waals surface area contributed by atoms with Gasteiger partial charge in [0, 0.05) is 0 Å². The molecule has 2 heteroatoms. The molecule has 1 aliphatic carbocycles. The van der Waals surface area contributed by atoms with E-state index in [9.17, 15) is 10.2 Å². The molecule has 0 aromatic rings. The Bertz CT molecular complexity index is 125. The van der Waals surface area contributed by atoms with Crippen LogP contribution in [0, 0.1) is 5.92 Å². The molecule has 1 saturated carbocycles. The smallest absolute Gasteiger partial charge is 0.0569 e. The predicted octanol–water partition coefficient (Wildman–Crippen LogP) is 1.70. The number of rotatable bonds is 1. The maximum Gasteiger partial charge on any atom is 0.0569 e. The molecule has 12 heavy (non-hydrogen) atoms. The molecular weight excluding hydrogens is 152 g/mol. The van der Waals surface area contributed by atoms with Crippen molar-refractivity contribution in [3.8, 4) is 0 Å². The maximum atomic E-state index is 9.68. The van der Waals surface area contributed by atoms with Gasteiger partial charge in [-0.15, -0.1) is 0 Å². The minimum atomic E-state index is -0.176. The molecule has 0 aromatic heterocycles. The minimum Gasteiger partial charge on any atom is -0.393 e. The van der Waals surface area contributed by atoms with E-state index in [0.717, 1.165) is 38.5 Å². The van der Waals surface area contributed by atoms with E-state index in [2.05, 4.69) is 6.92 Å². The van der Waals surface area contributed by atoms with Gasteiger partial charge in [0.05, 0.1) is 12.2 Å². The molecule has 3 atom stereocenters. The highest BCUT2D eigenvalue weighted by Gasteiger charge is 2.21. The van der Waals surface area contributed by atoms with Gasteiger partial charge in [0.1, 0.15) is 0 Å². The summed E-state index contributed by atoms with van der Waals surface area (Å²) in [4.78, 5) is 0. The molecule has 2 nitrogen and oxygen atoms in total. The lowest BCUT2D eigenvalue weighted by molar-refractivity contribution is 0.0481. The zero-order valence-electron chi connectivity index (χ0n) is 7.87. The third-order valence-electron chi connectivity index (χ3n) is 2.98. The third-order valence-corrected chi connectivity index (χ3v) is 2.98. The zero-order valence-corrected chi connectivity index (χ0v) is 7.87. The Balaban J connectivity index is 2.38. The van der Waals surface area contributed by atoms with Gasteiger partial charge in [-0.25, -0.2) is 0 Å². The van der Waals surface area contributed by atoms with Crippen molar-refractivity contribution in [1.82, 2.24) is 0 Å². The summed E-state index contributed by atoms with van der Waals surface area (Å²) in [6, 6.07) is 0. The summed E-state index contributed by atoms with van der Waals surface area (Å²) in [5, 5.41) is 19.1. The molecule has 0 aliphatic heterocycles. The molecule has 1 fully saturated rings. The van der Waals surface area contributed by atoms with Gasteiger partial charge in [-0.3, -0.25) is 0 Å². The summed E-state index contributed by atoms with van der Waals surface area (Å²) in [5.41, 5.74) is 0. The molecule has 72 valence electrons. The standard InChI is InChI=1S/C10H20O2/c1-2-8-4-3-5-9(11)6-7-10(8)12/h8-12H,2-7H2,1H3. The highest BCUT2D eigenvalue weighted by atomic mass is 16.3.